The van der Waals surface area contributed by atoms with Crippen molar-refractivity contribution in [3.05, 3.63) is 81.9 Å². The van der Waals surface area contributed by atoms with Crippen molar-refractivity contribution >= 4 is 51.4 Å². The molecular weight excluding hydrogens is 494 g/mol. The molecule has 188 valence electrons. The van der Waals surface area contributed by atoms with Crippen molar-refractivity contribution in [3.63, 3.8) is 0 Å². The zero-order valence-corrected chi connectivity index (χ0v) is 20.7. The Morgan fingerprint density at radius 2 is 1.92 bits per heavy atom. The molecule has 0 saturated carbocycles. The number of nitrogens with one attached hydrogen (secondary N) is 2. The first kappa shape index (κ1) is 24.3. The van der Waals surface area contributed by atoms with Crippen molar-refractivity contribution in [1.82, 2.24) is 10.3 Å². The molecule has 1 aliphatic heterocycles. The predicted octanol–water partition coefficient (Wildman–Crippen LogP) is 4.67. The van der Waals surface area contributed by atoms with Gasteiger partial charge in [-0.1, -0.05) is 12.1 Å². The fraction of sp³-hybridized carbons (Fsp3) is 0.192. The average molecular weight is 518 g/mol. The topological polar surface area (TPSA) is 123 Å². The number of thiocarbonyl (C=S) groups is 1. The van der Waals surface area contributed by atoms with E-state index >= 15 is 0 Å². The summed E-state index contributed by atoms with van der Waals surface area (Å²) in [5, 5.41) is 17.0. The molecule has 37 heavy (non-hydrogen) atoms. The highest BCUT2D eigenvalue weighted by Crippen LogP contribution is 2.28. The second-order valence-electron chi connectivity index (χ2n) is 8.54. The molecule has 1 fully saturated rings. The predicted molar refractivity (Wildman–Crippen MR) is 144 cm³/mol. The van der Waals surface area contributed by atoms with Crippen LogP contribution >= 0.6 is 12.2 Å². The lowest BCUT2D eigenvalue weighted by Crippen LogP contribution is -2.39. The minimum Gasteiger partial charge on any atom is -0.436 e. The van der Waals surface area contributed by atoms with E-state index in [9.17, 15) is 14.9 Å². The molecule has 0 radical (unpaired) electrons. The van der Waals surface area contributed by atoms with Gasteiger partial charge < -0.3 is 19.4 Å². The van der Waals surface area contributed by atoms with Gasteiger partial charge in [-0.05, 0) is 61.1 Å². The molecule has 1 aliphatic rings. The maximum absolute atomic E-state index is 13.2. The molecule has 0 bridgehead atoms. The third-order valence-corrected chi connectivity index (χ3v) is 6.13. The molecule has 11 heteroatoms. The molecule has 0 spiro atoms. The summed E-state index contributed by atoms with van der Waals surface area (Å²) in [7, 11) is 0. The van der Waals surface area contributed by atoms with Crippen molar-refractivity contribution in [2.45, 2.75) is 6.92 Å². The number of nitro benzene ring substituents is 1. The van der Waals surface area contributed by atoms with Crippen LogP contribution in [0.4, 0.5) is 17.1 Å². The lowest BCUT2D eigenvalue weighted by molar-refractivity contribution is -0.384. The molecular formula is C26H23N5O5S. The summed E-state index contributed by atoms with van der Waals surface area (Å²) in [5.74, 6) is -0.0841. The average Bonchev–Trinajstić information content (AvgIpc) is 3.32. The Bertz CT molecular complexity index is 1510. The van der Waals surface area contributed by atoms with Gasteiger partial charge in [0.15, 0.2) is 10.7 Å². The molecule has 2 N–H and O–H groups in total. The van der Waals surface area contributed by atoms with E-state index < -0.39 is 10.8 Å². The Morgan fingerprint density at radius 1 is 1.11 bits per heavy atom. The highest BCUT2D eigenvalue weighted by Gasteiger charge is 2.23. The molecule has 2 heterocycles. The number of nitro groups is 1. The number of nitrogens with zero attached hydrogens (tertiary/aromatic N) is 3. The standard InChI is InChI=1S/C26H23N5O5S/c1-16-5-7-21-23(13-16)36-25(28-21)17-3-2-4-18(14-17)27-26(37)29-24(32)20-15-19(31(33)34)6-8-22(20)30-9-11-35-12-10-30/h2-8,13-15H,9-12H2,1H3,(H2,27,29,32,37). The van der Waals surface area contributed by atoms with Gasteiger partial charge in [0, 0.05) is 36.5 Å². The number of anilines is 2. The summed E-state index contributed by atoms with van der Waals surface area (Å²) in [6.07, 6.45) is 0. The normalized spacial score (nSPS) is 13.4. The number of hydrogen-bond acceptors (Lipinski definition) is 8. The highest BCUT2D eigenvalue weighted by molar-refractivity contribution is 7.80. The van der Waals surface area contributed by atoms with Crippen molar-refractivity contribution in [1.29, 1.82) is 0 Å². The van der Waals surface area contributed by atoms with E-state index in [0.717, 1.165) is 16.6 Å². The zero-order valence-electron chi connectivity index (χ0n) is 19.9. The SMILES string of the molecule is Cc1ccc2nc(-c3cccc(NC(=S)NC(=O)c4cc([N+](=O)[O-])ccc4N4CCOCC4)c3)oc2c1. The summed E-state index contributed by atoms with van der Waals surface area (Å²) in [4.78, 5) is 30.5. The number of aromatic nitrogens is 1. The van der Waals surface area contributed by atoms with Crippen LogP contribution in [0.15, 0.2) is 65.1 Å². The molecule has 0 unspecified atom stereocenters. The van der Waals surface area contributed by atoms with Crippen molar-refractivity contribution < 1.29 is 18.9 Å². The lowest BCUT2D eigenvalue weighted by Gasteiger charge is -2.30. The van der Waals surface area contributed by atoms with E-state index in [4.69, 9.17) is 21.4 Å². The Labute approximate surface area is 217 Å². The zero-order chi connectivity index (χ0) is 25.9. The van der Waals surface area contributed by atoms with E-state index in [2.05, 4.69) is 15.6 Å². The van der Waals surface area contributed by atoms with Gasteiger partial charge in [-0.25, -0.2) is 4.98 Å². The van der Waals surface area contributed by atoms with Crippen LogP contribution in [0.2, 0.25) is 0 Å². The molecule has 1 saturated heterocycles. The smallest absolute Gasteiger partial charge is 0.270 e. The molecule has 1 aromatic heterocycles. The summed E-state index contributed by atoms with van der Waals surface area (Å²) in [6, 6.07) is 17.3. The second kappa shape index (κ2) is 10.3. The molecule has 1 amide bonds. The molecule has 0 aliphatic carbocycles. The number of aryl methyl sites for hydroxylation is 1. The second-order valence-corrected chi connectivity index (χ2v) is 8.95. The number of hydrogen-bond donors (Lipinski definition) is 2. The minimum atomic E-state index is -0.548. The number of rotatable bonds is 5. The Hall–Kier alpha value is -4.35. The van der Waals surface area contributed by atoms with E-state index in [1.165, 1.54) is 12.1 Å². The van der Waals surface area contributed by atoms with Crippen LogP contribution in [0, 0.1) is 17.0 Å². The van der Waals surface area contributed by atoms with E-state index in [1.807, 2.05) is 48.2 Å². The lowest BCUT2D eigenvalue weighted by atomic mass is 10.1. The Balaban J connectivity index is 1.33. The molecule has 3 aromatic carbocycles. The van der Waals surface area contributed by atoms with Gasteiger partial charge in [-0.15, -0.1) is 0 Å². The number of carbonyl (C=O) groups excluding carboxylic acids is 1. The van der Waals surface area contributed by atoms with E-state index in [0.29, 0.717) is 49.2 Å². The first-order valence-electron chi connectivity index (χ1n) is 11.6. The van der Waals surface area contributed by atoms with Crippen LogP contribution in [0.25, 0.3) is 22.6 Å². The third-order valence-electron chi connectivity index (χ3n) is 5.93. The fourth-order valence-corrected chi connectivity index (χ4v) is 4.33. The molecule has 0 atom stereocenters. The van der Waals surface area contributed by atoms with Gasteiger partial charge >= 0.3 is 0 Å². The summed E-state index contributed by atoms with van der Waals surface area (Å²) >= 11 is 5.37. The Morgan fingerprint density at radius 3 is 2.70 bits per heavy atom. The first-order chi connectivity index (χ1) is 17.9. The first-order valence-corrected chi connectivity index (χ1v) is 12.0. The van der Waals surface area contributed by atoms with Gasteiger partial charge in [0.2, 0.25) is 5.89 Å². The number of non-ortho nitro benzene ring substituents is 1. The maximum atomic E-state index is 13.2. The Kier molecular flexibility index (Phi) is 6.80. The van der Waals surface area contributed by atoms with Crippen molar-refractivity contribution in [2.75, 3.05) is 36.5 Å². The number of benzene rings is 3. The molecule has 5 rings (SSSR count). The molecule has 4 aromatic rings. The maximum Gasteiger partial charge on any atom is 0.270 e. The van der Waals surface area contributed by atoms with Crippen LogP contribution in [-0.2, 0) is 4.74 Å². The van der Waals surface area contributed by atoms with E-state index in [-0.39, 0.29) is 16.4 Å². The van der Waals surface area contributed by atoms with Gasteiger partial charge in [-0.3, -0.25) is 20.2 Å². The highest BCUT2D eigenvalue weighted by atomic mass is 32.1. The van der Waals surface area contributed by atoms with Gasteiger partial charge in [0.25, 0.3) is 11.6 Å². The fourth-order valence-electron chi connectivity index (χ4n) is 4.12. The number of morpholine rings is 1. The number of ether oxygens (including phenoxy) is 1. The van der Waals surface area contributed by atoms with Crippen LogP contribution in [0.5, 0.6) is 0 Å². The van der Waals surface area contributed by atoms with E-state index in [1.54, 1.807) is 12.1 Å². The van der Waals surface area contributed by atoms with Crippen LogP contribution in [0.1, 0.15) is 15.9 Å². The number of carbonyl (C=O) groups is 1. The van der Waals surface area contributed by atoms with Crippen LogP contribution < -0.4 is 15.5 Å². The number of amides is 1. The third kappa shape index (κ3) is 5.42. The number of oxazole rings is 1. The monoisotopic (exact) mass is 517 g/mol. The minimum absolute atomic E-state index is 0.0507. The quantitative estimate of drug-likeness (QED) is 0.221. The van der Waals surface area contributed by atoms with Gasteiger partial charge in [0.1, 0.15) is 5.52 Å². The van der Waals surface area contributed by atoms with Crippen molar-refractivity contribution in [2.24, 2.45) is 0 Å². The van der Waals surface area contributed by atoms with Gasteiger partial charge in [-0.2, -0.15) is 0 Å². The largest absolute Gasteiger partial charge is 0.436 e. The van der Waals surface area contributed by atoms with Crippen LogP contribution in [-0.4, -0.2) is 47.2 Å². The molecule has 10 nitrogen and oxygen atoms in total. The summed E-state index contributed by atoms with van der Waals surface area (Å²) < 4.78 is 11.3. The summed E-state index contributed by atoms with van der Waals surface area (Å²) in [5.41, 5.74) is 4.46. The summed E-state index contributed by atoms with van der Waals surface area (Å²) in [6.45, 7) is 4.15. The van der Waals surface area contributed by atoms with Crippen molar-refractivity contribution in [3.8, 4) is 11.5 Å². The van der Waals surface area contributed by atoms with Crippen LogP contribution in [0.3, 0.4) is 0 Å². The number of fused-ring (bicyclic) bond motifs is 1. The van der Waals surface area contributed by atoms with Gasteiger partial charge in [0.05, 0.1) is 29.4 Å².